The first-order valence-electron chi connectivity index (χ1n) is 9.18. The lowest BCUT2D eigenvalue weighted by Gasteiger charge is -2.28. The first kappa shape index (κ1) is 16.8. The van der Waals surface area contributed by atoms with Crippen LogP contribution in [0.25, 0.3) is 0 Å². The topological polar surface area (TPSA) is 40.6 Å². The van der Waals surface area contributed by atoms with Crippen LogP contribution < -0.4 is 0 Å². The Balaban J connectivity index is 1.65. The predicted octanol–water partition coefficient (Wildman–Crippen LogP) is 3.08. The third-order valence-electron chi connectivity index (χ3n) is 6.06. The molecule has 2 aliphatic rings. The monoisotopic (exact) mass is 348 g/mol. The summed E-state index contributed by atoms with van der Waals surface area (Å²) in [6.07, 6.45) is 0.730. The van der Waals surface area contributed by atoms with Crippen molar-refractivity contribution in [3.8, 4) is 0 Å². The first-order valence-corrected chi connectivity index (χ1v) is 9.18. The minimum atomic E-state index is -0.492. The number of carbonyl (C=O) groups is 2. The van der Waals surface area contributed by atoms with E-state index < -0.39 is 5.41 Å². The van der Waals surface area contributed by atoms with Gasteiger partial charge in [-0.2, -0.15) is 0 Å². The van der Waals surface area contributed by atoms with Gasteiger partial charge in [0.1, 0.15) is 0 Å². The van der Waals surface area contributed by atoms with E-state index >= 15 is 0 Å². The molecule has 2 aromatic rings. The van der Waals surface area contributed by atoms with Gasteiger partial charge in [-0.25, -0.2) is 0 Å². The Kier molecular flexibility index (Phi) is 4.06. The molecule has 2 amide bonds. The number of nitrogens with zero attached hydrogens (tertiary/aromatic N) is 2. The molecule has 134 valence electrons. The van der Waals surface area contributed by atoms with Crippen LogP contribution in [0, 0.1) is 12.3 Å². The van der Waals surface area contributed by atoms with Crippen LogP contribution in [0.4, 0.5) is 0 Å². The van der Waals surface area contributed by atoms with Gasteiger partial charge in [-0.1, -0.05) is 48.5 Å². The third-order valence-corrected chi connectivity index (χ3v) is 6.06. The number of carbonyl (C=O) groups excluding carboxylic acids is 2. The van der Waals surface area contributed by atoms with Gasteiger partial charge in [0.15, 0.2) is 0 Å². The molecule has 2 saturated heterocycles. The molecule has 1 spiro atoms. The van der Waals surface area contributed by atoms with Crippen molar-refractivity contribution in [2.45, 2.75) is 19.3 Å². The average Bonchev–Trinajstić information content (AvgIpc) is 3.21. The zero-order valence-corrected chi connectivity index (χ0v) is 15.3. The van der Waals surface area contributed by atoms with E-state index in [-0.39, 0.29) is 17.7 Å². The molecule has 0 N–H and O–H groups in total. The predicted molar refractivity (Wildman–Crippen MR) is 101 cm³/mol. The standard InChI is InChI=1S/C22H24N2O2/c1-16-8-6-7-11-18(16)20(25)24-13-12-22(15-24)19(14-23(2)21(22)26)17-9-4-3-5-10-17/h3-11,19H,12-15H2,1-2H3/t19-,22-/m1/s1. The molecule has 2 aromatic carbocycles. The van der Waals surface area contributed by atoms with Gasteiger partial charge in [-0.15, -0.1) is 0 Å². The second kappa shape index (κ2) is 6.27. The van der Waals surface area contributed by atoms with E-state index in [1.165, 1.54) is 5.56 Å². The van der Waals surface area contributed by atoms with Gasteiger partial charge in [-0.3, -0.25) is 9.59 Å². The van der Waals surface area contributed by atoms with E-state index in [0.29, 0.717) is 13.1 Å². The number of aryl methyl sites for hydroxylation is 1. The number of hydrogen-bond acceptors (Lipinski definition) is 2. The highest BCUT2D eigenvalue weighted by Gasteiger charge is 2.57. The smallest absolute Gasteiger partial charge is 0.254 e. The van der Waals surface area contributed by atoms with Crippen molar-refractivity contribution >= 4 is 11.8 Å². The van der Waals surface area contributed by atoms with Gasteiger partial charge < -0.3 is 9.80 Å². The summed E-state index contributed by atoms with van der Waals surface area (Å²) in [6, 6.07) is 17.9. The molecule has 0 bridgehead atoms. The Morgan fingerprint density at radius 2 is 1.77 bits per heavy atom. The zero-order valence-electron chi connectivity index (χ0n) is 15.3. The number of rotatable bonds is 2. The Morgan fingerprint density at radius 3 is 2.50 bits per heavy atom. The van der Waals surface area contributed by atoms with Crippen LogP contribution in [0.1, 0.15) is 33.8 Å². The van der Waals surface area contributed by atoms with E-state index in [2.05, 4.69) is 12.1 Å². The van der Waals surface area contributed by atoms with Crippen molar-refractivity contribution < 1.29 is 9.59 Å². The molecular formula is C22H24N2O2. The van der Waals surface area contributed by atoms with Crippen LogP contribution in [0.3, 0.4) is 0 Å². The molecule has 2 fully saturated rings. The SMILES string of the molecule is Cc1ccccc1C(=O)N1CC[C@]2(C1)C(=O)N(C)C[C@@H]2c1ccccc1. The third kappa shape index (κ3) is 2.52. The summed E-state index contributed by atoms with van der Waals surface area (Å²) in [5.74, 6) is 0.344. The normalized spacial score (nSPS) is 25.3. The molecule has 4 heteroatoms. The molecule has 26 heavy (non-hydrogen) atoms. The van der Waals surface area contributed by atoms with Crippen molar-refractivity contribution in [3.63, 3.8) is 0 Å². The summed E-state index contributed by atoms with van der Waals surface area (Å²) in [4.78, 5) is 29.8. The van der Waals surface area contributed by atoms with E-state index in [0.717, 1.165) is 24.1 Å². The van der Waals surface area contributed by atoms with Gasteiger partial charge in [0, 0.05) is 38.2 Å². The van der Waals surface area contributed by atoms with E-state index in [9.17, 15) is 9.59 Å². The number of likely N-dealkylation sites (tertiary alicyclic amines) is 2. The van der Waals surface area contributed by atoms with Crippen molar-refractivity contribution in [1.82, 2.24) is 9.80 Å². The van der Waals surface area contributed by atoms with Gasteiger partial charge >= 0.3 is 0 Å². The maximum Gasteiger partial charge on any atom is 0.254 e. The van der Waals surface area contributed by atoms with Crippen molar-refractivity contribution in [2.24, 2.45) is 5.41 Å². The Bertz CT molecular complexity index is 848. The molecular weight excluding hydrogens is 324 g/mol. The highest BCUT2D eigenvalue weighted by Crippen LogP contribution is 2.49. The van der Waals surface area contributed by atoms with Crippen LogP contribution in [-0.2, 0) is 4.79 Å². The van der Waals surface area contributed by atoms with Gasteiger partial charge in [0.25, 0.3) is 5.91 Å². The van der Waals surface area contributed by atoms with Crippen molar-refractivity contribution in [1.29, 1.82) is 0 Å². The number of amides is 2. The maximum atomic E-state index is 13.1. The summed E-state index contributed by atoms with van der Waals surface area (Å²) in [6.45, 7) is 3.81. The largest absolute Gasteiger partial charge is 0.345 e. The van der Waals surface area contributed by atoms with Crippen molar-refractivity contribution in [3.05, 3.63) is 71.3 Å². The number of hydrogen-bond donors (Lipinski definition) is 0. The fraction of sp³-hybridized carbons (Fsp3) is 0.364. The molecule has 0 radical (unpaired) electrons. The van der Waals surface area contributed by atoms with E-state index in [1.54, 1.807) is 0 Å². The number of benzene rings is 2. The van der Waals surface area contributed by atoms with Crippen LogP contribution in [0.15, 0.2) is 54.6 Å². The van der Waals surface area contributed by atoms with Crippen LogP contribution in [0.2, 0.25) is 0 Å². The molecule has 4 nitrogen and oxygen atoms in total. The lowest BCUT2D eigenvalue weighted by Crippen LogP contribution is -2.39. The fourth-order valence-corrected chi connectivity index (χ4v) is 4.62. The molecule has 0 aliphatic carbocycles. The molecule has 4 rings (SSSR count). The number of likely N-dealkylation sites (N-methyl/N-ethyl adjacent to an activating group) is 1. The van der Waals surface area contributed by atoms with Crippen LogP contribution >= 0.6 is 0 Å². The zero-order chi connectivity index (χ0) is 18.3. The van der Waals surface area contributed by atoms with Gasteiger partial charge in [0.05, 0.1) is 5.41 Å². The minimum absolute atomic E-state index is 0.0362. The molecule has 0 saturated carbocycles. The van der Waals surface area contributed by atoms with E-state index in [4.69, 9.17) is 0 Å². The van der Waals surface area contributed by atoms with Gasteiger partial charge in [0.2, 0.25) is 5.91 Å². The second-order valence-corrected chi connectivity index (χ2v) is 7.60. The summed E-state index contributed by atoms with van der Waals surface area (Å²) in [7, 11) is 1.87. The highest BCUT2D eigenvalue weighted by atomic mass is 16.2. The quantitative estimate of drug-likeness (QED) is 0.837. The minimum Gasteiger partial charge on any atom is -0.345 e. The average molecular weight is 348 g/mol. The van der Waals surface area contributed by atoms with Crippen LogP contribution in [0.5, 0.6) is 0 Å². The molecule has 2 aliphatic heterocycles. The summed E-state index contributed by atoms with van der Waals surface area (Å²) < 4.78 is 0. The summed E-state index contributed by atoms with van der Waals surface area (Å²) >= 11 is 0. The Hall–Kier alpha value is -2.62. The molecule has 0 unspecified atom stereocenters. The first-order chi connectivity index (χ1) is 12.5. The maximum absolute atomic E-state index is 13.1. The Labute approximate surface area is 154 Å². The van der Waals surface area contributed by atoms with E-state index in [1.807, 2.05) is 66.2 Å². The highest BCUT2D eigenvalue weighted by molar-refractivity contribution is 5.97. The summed E-state index contributed by atoms with van der Waals surface area (Å²) in [5, 5.41) is 0. The van der Waals surface area contributed by atoms with Crippen LogP contribution in [-0.4, -0.2) is 48.3 Å². The summed E-state index contributed by atoms with van der Waals surface area (Å²) in [5.41, 5.74) is 2.41. The fourth-order valence-electron chi connectivity index (χ4n) is 4.62. The Morgan fingerprint density at radius 1 is 1.08 bits per heavy atom. The lowest BCUT2D eigenvalue weighted by molar-refractivity contribution is -0.134. The molecule has 2 atom stereocenters. The lowest BCUT2D eigenvalue weighted by atomic mass is 9.73. The molecule has 2 heterocycles. The molecule has 0 aromatic heterocycles. The van der Waals surface area contributed by atoms with Gasteiger partial charge in [-0.05, 0) is 30.5 Å². The van der Waals surface area contributed by atoms with Crippen molar-refractivity contribution in [2.75, 3.05) is 26.7 Å². The second-order valence-electron chi connectivity index (χ2n) is 7.60.